The molecule has 6 unspecified atom stereocenters. The highest BCUT2D eigenvalue weighted by atomic mass is 32.2. The zero-order valence-electron chi connectivity index (χ0n) is 16.9. The average molecular weight is 457 g/mol. The van der Waals surface area contributed by atoms with Gasteiger partial charge in [-0.2, -0.15) is 0 Å². The topological polar surface area (TPSA) is 80.8 Å². The van der Waals surface area contributed by atoms with Crippen molar-refractivity contribution in [2.45, 2.75) is 57.2 Å². The van der Waals surface area contributed by atoms with Gasteiger partial charge < -0.3 is 4.74 Å². The fourth-order valence-corrected chi connectivity index (χ4v) is 13.5. The lowest BCUT2D eigenvalue weighted by Crippen LogP contribution is -2.55. The van der Waals surface area contributed by atoms with Crippen molar-refractivity contribution in [1.29, 1.82) is 0 Å². The van der Waals surface area contributed by atoms with Gasteiger partial charge in [0, 0.05) is 11.8 Å². The van der Waals surface area contributed by atoms with Crippen LogP contribution in [0.3, 0.4) is 0 Å². The second-order valence-corrected chi connectivity index (χ2v) is 14.2. The molecular weight excluding hydrogens is 432 g/mol. The fourth-order valence-electron chi connectivity index (χ4n) is 8.31. The average Bonchev–Trinajstić information content (AvgIpc) is 3.16. The van der Waals surface area contributed by atoms with Crippen molar-refractivity contribution in [2.75, 3.05) is 0 Å². The summed E-state index contributed by atoms with van der Waals surface area (Å²) in [4.78, 5) is 0.429. The van der Waals surface area contributed by atoms with E-state index < -0.39 is 41.4 Å². The third-order valence-electron chi connectivity index (χ3n) is 9.14. The van der Waals surface area contributed by atoms with Crippen LogP contribution in [-0.4, -0.2) is 38.5 Å². The molecule has 0 amide bonds. The van der Waals surface area contributed by atoms with Crippen molar-refractivity contribution < 1.29 is 21.6 Å². The summed E-state index contributed by atoms with van der Waals surface area (Å²) in [7, 11) is -7.68. The van der Waals surface area contributed by atoms with Gasteiger partial charge in [0.15, 0.2) is 19.7 Å². The van der Waals surface area contributed by atoms with E-state index in [0.717, 1.165) is 19.3 Å². The second-order valence-electron chi connectivity index (χ2n) is 9.99. The molecule has 2 aromatic carbocycles. The van der Waals surface area contributed by atoms with E-state index in [2.05, 4.69) is 0 Å². The summed E-state index contributed by atoms with van der Waals surface area (Å²) in [5, 5.41) is -1.92. The standard InChI is InChI=1S/C24H24O5S2/c25-30(26,17-7-3-1-4-8-17)21-19-14-20(22(21)31(27,28)18-9-5-2-6-10-18)24-16-12-11-15(13-16)23(19,24)29-24/h1-10,15-16,19-22H,11-14H2/t15?,16?,19?,20?,21-,22+,23?,24?. The molecule has 7 heteroatoms. The lowest BCUT2D eigenvalue weighted by Gasteiger charge is -2.38. The van der Waals surface area contributed by atoms with E-state index in [4.69, 9.17) is 4.74 Å². The van der Waals surface area contributed by atoms with Crippen LogP contribution in [0.2, 0.25) is 0 Å². The molecule has 1 saturated heterocycles. The van der Waals surface area contributed by atoms with Crippen molar-refractivity contribution in [3.63, 3.8) is 0 Å². The lowest BCUT2D eigenvalue weighted by atomic mass is 9.70. The van der Waals surface area contributed by atoms with E-state index in [0.29, 0.717) is 18.3 Å². The molecule has 0 spiro atoms. The third kappa shape index (κ3) is 1.95. The second kappa shape index (κ2) is 5.61. The predicted octanol–water partition coefficient (Wildman–Crippen LogP) is 3.26. The Kier molecular flexibility index (Phi) is 3.41. The highest BCUT2D eigenvalue weighted by Gasteiger charge is 2.95. The van der Waals surface area contributed by atoms with E-state index in [1.54, 1.807) is 60.7 Å². The molecule has 2 aromatic rings. The van der Waals surface area contributed by atoms with Gasteiger partial charge in [-0.25, -0.2) is 16.8 Å². The first-order chi connectivity index (χ1) is 14.8. The summed E-state index contributed by atoms with van der Waals surface area (Å²) in [5.41, 5.74) is -0.814. The van der Waals surface area contributed by atoms with Crippen LogP contribution < -0.4 is 0 Å². The molecule has 4 saturated carbocycles. The van der Waals surface area contributed by atoms with Gasteiger partial charge in [-0.3, -0.25) is 0 Å². The van der Waals surface area contributed by atoms with Crippen molar-refractivity contribution >= 4 is 19.7 Å². The van der Waals surface area contributed by atoms with Gasteiger partial charge in [0.1, 0.15) is 11.2 Å². The van der Waals surface area contributed by atoms with E-state index in [1.807, 2.05) is 0 Å². The maximum absolute atomic E-state index is 13.9. The first-order valence-electron chi connectivity index (χ1n) is 11.1. The van der Waals surface area contributed by atoms with Gasteiger partial charge in [0.25, 0.3) is 0 Å². The van der Waals surface area contributed by atoms with Crippen LogP contribution in [0.15, 0.2) is 70.5 Å². The number of sulfone groups is 2. The molecular formula is C24H24O5S2. The SMILES string of the molecule is O=S(=O)(c1ccccc1)[C@@H]1C2CC([C@@H]1S(=O)(=O)c1ccccc1)C13OC21C1CCC3C1. The van der Waals surface area contributed by atoms with Gasteiger partial charge in [-0.15, -0.1) is 0 Å². The monoisotopic (exact) mass is 456 g/mol. The first kappa shape index (κ1) is 18.8. The Morgan fingerprint density at radius 1 is 0.645 bits per heavy atom. The third-order valence-corrected chi connectivity index (χ3v) is 13.8. The van der Waals surface area contributed by atoms with Crippen LogP contribution in [0.5, 0.6) is 0 Å². The zero-order chi connectivity index (χ0) is 21.2. The number of hydrogen-bond donors (Lipinski definition) is 0. The molecule has 5 nitrogen and oxygen atoms in total. The molecule has 0 radical (unpaired) electrons. The maximum Gasteiger partial charge on any atom is 0.182 e. The molecule has 1 heterocycles. The van der Waals surface area contributed by atoms with Gasteiger partial charge >= 0.3 is 0 Å². The predicted molar refractivity (Wildman–Crippen MR) is 114 cm³/mol. The Hall–Kier alpha value is -1.70. The molecule has 31 heavy (non-hydrogen) atoms. The van der Waals surface area contributed by atoms with Crippen molar-refractivity contribution in [2.24, 2.45) is 23.7 Å². The minimum atomic E-state index is -3.84. The number of rotatable bonds is 4. The summed E-state index contributed by atoms with van der Waals surface area (Å²) < 4.78 is 62.3. The molecule has 4 bridgehead atoms. The van der Waals surface area contributed by atoms with Crippen LogP contribution in [0.4, 0.5) is 0 Å². The summed E-state index contributed by atoms with van der Waals surface area (Å²) in [6.07, 6.45) is 3.84. The molecule has 0 aromatic heterocycles. The molecule has 1 aliphatic heterocycles. The lowest BCUT2D eigenvalue weighted by molar-refractivity contribution is 0.0900. The summed E-state index contributed by atoms with van der Waals surface area (Å²) in [6.45, 7) is 0. The van der Waals surface area contributed by atoms with E-state index in [9.17, 15) is 16.8 Å². The van der Waals surface area contributed by atoms with Crippen LogP contribution in [0.1, 0.15) is 25.7 Å². The Labute approximate surface area is 182 Å². The minimum absolute atomic E-state index is 0.214. The number of fused-ring (bicyclic) bond motifs is 4. The summed E-state index contributed by atoms with van der Waals surface area (Å²) >= 11 is 0. The molecule has 5 aliphatic rings. The van der Waals surface area contributed by atoms with Gasteiger partial charge in [0.2, 0.25) is 0 Å². The molecule has 0 N–H and O–H groups in total. The highest BCUT2D eigenvalue weighted by Crippen LogP contribution is 2.85. The van der Waals surface area contributed by atoms with Gasteiger partial charge in [-0.05, 0) is 61.8 Å². The van der Waals surface area contributed by atoms with Crippen LogP contribution in [0.25, 0.3) is 0 Å². The highest BCUT2D eigenvalue weighted by molar-refractivity contribution is 7.96. The van der Waals surface area contributed by atoms with Gasteiger partial charge in [0.05, 0.1) is 20.3 Å². The number of epoxide rings is 1. The number of benzene rings is 2. The number of ether oxygens (including phenoxy) is 1. The van der Waals surface area contributed by atoms with Crippen LogP contribution in [0, 0.1) is 23.7 Å². The van der Waals surface area contributed by atoms with Crippen molar-refractivity contribution in [3.05, 3.63) is 60.7 Å². The Morgan fingerprint density at radius 3 is 1.48 bits per heavy atom. The minimum Gasteiger partial charge on any atom is -0.361 e. The molecule has 7 rings (SSSR count). The van der Waals surface area contributed by atoms with E-state index in [-0.39, 0.29) is 21.6 Å². The molecule has 5 fully saturated rings. The largest absolute Gasteiger partial charge is 0.361 e. The van der Waals surface area contributed by atoms with Crippen LogP contribution >= 0.6 is 0 Å². The van der Waals surface area contributed by atoms with Crippen LogP contribution in [-0.2, 0) is 24.4 Å². The summed E-state index contributed by atoms with van der Waals surface area (Å²) in [5.74, 6) is 0.255. The van der Waals surface area contributed by atoms with E-state index in [1.165, 1.54) is 0 Å². The van der Waals surface area contributed by atoms with E-state index >= 15 is 0 Å². The quantitative estimate of drug-likeness (QED) is 0.660. The normalized spacial score (nSPS) is 44.3. The zero-order valence-corrected chi connectivity index (χ0v) is 18.6. The maximum atomic E-state index is 13.9. The Balaban J connectivity index is 1.43. The first-order valence-corrected chi connectivity index (χ1v) is 14.2. The van der Waals surface area contributed by atoms with Gasteiger partial charge in [-0.1, -0.05) is 36.4 Å². The molecule has 4 aliphatic carbocycles. The summed E-state index contributed by atoms with van der Waals surface area (Å²) in [6, 6.07) is 16.7. The smallest absolute Gasteiger partial charge is 0.182 e. The van der Waals surface area contributed by atoms with Crippen molar-refractivity contribution in [1.82, 2.24) is 0 Å². The van der Waals surface area contributed by atoms with Crippen molar-refractivity contribution in [3.8, 4) is 0 Å². The Morgan fingerprint density at radius 2 is 1.06 bits per heavy atom. The molecule has 162 valence electrons. The molecule has 8 atom stereocenters. The number of hydrogen-bond acceptors (Lipinski definition) is 5. The Bertz CT molecular complexity index is 1190. The fraction of sp³-hybridized carbons (Fsp3) is 0.500.